The van der Waals surface area contributed by atoms with Gasteiger partial charge in [-0.05, 0) is 43.0 Å². The van der Waals surface area contributed by atoms with E-state index < -0.39 is 17.8 Å². The van der Waals surface area contributed by atoms with E-state index in [1.54, 1.807) is 0 Å². The fourth-order valence-corrected chi connectivity index (χ4v) is 4.62. The summed E-state index contributed by atoms with van der Waals surface area (Å²) in [6.45, 7) is 2.13. The number of fused-ring (bicyclic) bond motifs is 3. The van der Waals surface area contributed by atoms with Crippen molar-refractivity contribution in [3.8, 4) is 0 Å². The molecule has 2 heterocycles. The zero-order valence-electron chi connectivity index (χ0n) is 18.0. The molecular formula is C25H28F3NO3. The molecule has 2 aromatic carbocycles. The average molecular weight is 447 g/mol. The highest BCUT2D eigenvalue weighted by Gasteiger charge is 2.43. The number of unbranched alkanes of at least 4 members (excludes halogenated alkanes) is 1. The van der Waals surface area contributed by atoms with Gasteiger partial charge in [0.15, 0.2) is 0 Å². The number of carbonyl (C=O) groups is 1. The van der Waals surface area contributed by atoms with Crippen LogP contribution in [0.3, 0.4) is 0 Å². The molecule has 4 atom stereocenters. The van der Waals surface area contributed by atoms with Crippen molar-refractivity contribution in [1.82, 2.24) is 0 Å². The van der Waals surface area contributed by atoms with Crippen LogP contribution >= 0.6 is 0 Å². The first-order chi connectivity index (χ1) is 15.4. The minimum atomic E-state index is -4.43. The smallest absolute Gasteiger partial charge is 0.416 e. The van der Waals surface area contributed by atoms with Crippen LogP contribution in [0, 0.1) is 5.92 Å². The number of rotatable bonds is 6. The van der Waals surface area contributed by atoms with Gasteiger partial charge in [0.2, 0.25) is 0 Å². The Morgan fingerprint density at radius 1 is 1.16 bits per heavy atom. The molecule has 0 saturated carbocycles. The van der Waals surface area contributed by atoms with Crippen molar-refractivity contribution >= 4 is 11.7 Å². The van der Waals surface area contributed by atoms with E-state index in [9.17, 15) is 18.0 Å². The Labute approximate surface area is 186 Å². The number of nitrogens with one attached hydrogen (secondary N) is 1. The van der Waals surface area contributed by atoms with Crippen LogP contribution in [-0.4, -0.2) is 18.7 Å². The van der Waals surface area contributed by atoms with Gasteiger partial charge in [-0.3, -0.25) is 4.79 Å². The zero-order chi connectivity index (χ0) is 22.7. The second-order valence-electron chi connectivity index (χ2n) is 8.54. The summed E-state index contributed by atoms with van der Waals surface area (Å²) >= 11 is 0. The molecule has 1 saturated heterocycles. The maximum atomic E-state index is 13.4. The molecule has 32 heavy (non-hydrogen) atoms. The summed E-state index contributed by atoms with van der Waals surface area (Å²) < 4.78 is 51.9. The molecule has 2 aliphatic heterocycles. The van der Waals surface area contributed by atoms with Crippen LogP contribution in [0.2, 0.25) is 0 Å². The predicted octanol–water partition coefficient (Wildman–Crippen LogP) is 6.44. The lowest BCUT2D eigenvalue weighted by Gasteiger charge is -2.45. The lowest BCUT2D eigenvalue weighted by molar-refractivity contribution is -0.157. The highest BCUT2D eigenvalue weighted by atomic mass is 19.4. The molecule has 2 aliphatic rings. The first-order valence-corrected chi connectivity index (χ1v) is 11.2. The van der Waals surface area contributed by atoms with Crippen LogP contribution in [0.25, 0.3) is 0 Å². The standard InChI is InChI=1S/C25H28F3NO3/c1-2-3-9-22(30)31-15-18-11-12-19-23(16-7-5-4-6-8-16)29-21-13-10-17(25(26,27)28)14-20(21)24(19)32-18/h4-8,10,13-14,18-19,23-24,29H,2-3,9,11-12,15H2,1H3/t18-,19+,23+,24+/m0/s1. The Hall–Kier alpha value is -2.54. The number of esters is 1. The van der Waals surface area contributed by atoms with Gasteiger partial charge in [0.05, 0.1) is 23.8 Å². The lowest BCUT2D eigenvalue weighted by Crippen LogP contribution is -2.40. The van der Waals surface area contributed by atoms with Gasteiger partial charge in [0, 0.05) is 23.6 Å². The summed E-state index contributed by atoms with van der Waals surface area (Å²) in [6, 6.07) is 13.6. The fourth-order valence-electron chi connectivity index (χ4n) is 4.62. The number of benzene rings is 2. The summed E-state index contributed by atoms with van der Waals surface area (Å²) in [5.41, 5.74) is 1.54. The SMILES string of the molecule is CCCCC(=O)OC[C@@H]1CC[C@@H]2[C@@H](c3ccccc3)Nc3ccc(C(F)(F)F)cc3[C@@H]2O1. The minimum Gasteiger partial charge on any atom is -0.463 e. The van der Waals surface area contributed by atoms with Crippen molar-refractivity contribution in [2.75, 3.05) is 11.9 Å². The van der Waals surface area contributed by atoms with Crippen LogP contribution in [0.5, 0.6) is 0 Å². The van der Waals surface area contributed by atoms with Crippen molar-refractivity contribution < 1.29 is 27.4 Å². The molecule has 0 unspecified atom stereocenters. The molecule has 1 fully saturated rings. The Morgan fingerprint density at radius 3 is 2.66 bits per heavy atom. The summed E-state index contributed by atoms with van der Waals surface area (Å²) in [5.74, 6) is -0.287. The third-order valence-electron chi connectivity index (χ3n) is 6.30. The molecular weight excluding hydrogens is 419 g/mol. The van der Waals surface area contributed by atoms with Gasteiger partial charge in [0.1, 0.15) is 6.61 Å². The van der Waals surface area contributed by atoms with Crippen LogP contribution in [0.1, 0.15) is 67.9 Å². The van der Waals surface area contributed by atoms with E-state index in [0.717, 1.165) is 30.9 Å². The van der Waals surface area contributed by atoms with Crippen molar-refractivity contribution in [2.45, 2.75) is 63.5 Å². The molecule has 7 heteroatoms. The molecule has 172 valence electrons. The minimum absolute atomic E-state index is 0.0274. The largest absolute Gasteiger partial charge is 0.463 e. The van der Waals surface area contributed by atoms with Gasteiger partial charge in [-0.2, -0.15) is 13.2 Å². The first kappa shape index (κ1) is 22.6. The molecule has 4 rings (SSSR count). The quantitative estimate of drug-likeness (QED) is 0.518. The van der Waals surface area contributed by atoms with Gasteiger partial charge in [-0.15, -0.1) is 0 Å². The molecule has 0 amide bonds. The van der Waals surface area contributed by atoms with Crippen LogP contribution in [0.4, 0.5) is 18.9 Å². The second kappa shape index (κ2) is 9.53. The van der Waals surface area contributed by atoms with Crippen LogP contribution in [-0.2, 0) is 20.4 Å². The highest BCUT2D eigenvalue weighted by molar-refractivity contribution is 5.69. The van der Waals surface area contributed by atoms with E-state index in [0.29, 0.717) is 24.1 Å². The average Bonchev–Trinajstić information content (AvgIpc) is 2.80. The number of hydrogen-bond donors (Lipinski definition) is 1. The number of halogens is 3. The molecule has 2 aromatic rings. The van der Waals surface area contributed by atoms with Gasteiger partial charge < -0.3 is 14.8 Å². The van der Waals surface area contributed by atoms with E-state index in [-0.39, 0.29) is 30.6 Å². The number of hydrogen-bond acceptors (Lipinski definition) is 4. The van der Waals surface area contributed by atoms with Crippen molar-refractivity contribution in [3.05, 3.63) is 65.2 Å². The van der Waals surface area contributed by atoms with E-state index in [1.165, 1.54) is 12.1 Å². The Morgan fingerprint density at radius 2 is 1.94 bits per heavy atom. The van der Waals surface area contributed by atoms with Gasteiger partial charge in [-0.1, -0.05) is 43.7 Å². The van der Waals surface area contributed by atoms with E-state index in [4.69, 9.17) is 9.47 Å². The third kappa shape index (κ3) is 4.93. The highest BCUT2D eigenvalue weighted by Crippen LogP contribution is 2.51. The maximum absolute atomic E-state index is 13.4. The first-order valence-electron chi connectivity index (χ1n) is 11.2. The summed E-state index contributed by atoms with van der Waals surface area (Å²) in [4.78, 5) is 11.9. The summed E-state index contributed by atoms with van der Waals surface area (Å²) in [7, 11) is 0. The Balaban J connectivity index is 1.59. The van der Waals surface area contributed by atoms with Crippen molar-refractivity contribution in [2.24, 2.45) is 5.92 Å². The molecule has 0 bridgehead atoms. The fraction of sp³-hybridized carbons (Fsp3) is 0.480. The second-order valence-corrected chi connectivity index (χ2v) is 8.54. The number of ether oxygens (including phenoxy) is 2. The number of alkyl halides is 3. The van der Waals surface area contributed by atoms with E-state index >= 15 is 0 Å². The number of anilines is 1. The van der Waals surface area contributed by atoms with Crippen LogP contribution in [0.15, 0.2) is 48.5 Å². The molecule has 0 radical (unpaired) electrons. The zero-order valence-corrected chi connectivity index (χ0v) is 18.0. The molecule has 4 nitrogen and oxygen atoms in total. The molecule has 0 spiro atoms. The van der Waals surface area contributed by atoms with E-state index in [1.807, 2.05) is 37.3 Å². The Bertz CT molecular complexity index is 932. The molecule has 0 aromatic heterocycles. The van der Waals surface area contributed by atoms with Gasteiger partial charge in [0.25, 0.3) is 0 Å². The van der Waals surface area contributed by atoms with Crippen LogP contribution < -0.4 is 5.32 Å². The molecule has 0 aliphatic carbocycles. The summed E-state index contributed by atoms with van der Waals surface area (Å²) in [6.07, 6.45) is -1.79. The van der Waals surface area contributed by atoms with E-state index in [2.05, 4.69) is 5.32 Å². The maximum Gasteiger partial charge on any atom is 0.416 e. The van der Waals surface area contributed by atoms with Gasteiger partial charge in [-0.25, -0.2) is 0 Å². The lowest BCUT2D eigenvalue weighted by atomic mass is 9.76. The van der Waals surface area contributed by atoms with Crippen molar-refractivity contribution in [3.63, 3.8) is 0 Å². The monoisotopic (exact) mass is 447 g/mol. The normalized spacial score (nSPS) is 24.8. The van der Waals surface area contributed by atoms with Gasteiger partial charge >= 0.3 is 12.1 Å². The third-order valence-corrected chi connectivity index (χ3v) is 6.30. The summed E-state index contributed by atoms with van der Waals surface area (Å²) in [5, 5.41) is 3.45. The predicted molar refractivity (Wildman–Crippen MR) is 115 cm³/mol. The Kier molecular flexibility index (Phi) is 6.74. The topological polar surface area (TPSA) is 47.6 Å². The number of carbonyl (C=O) groups excluding carboxylic acids is 1. The van der Waals surface area contributed by atoms with Crippen molar-refractivity contribution in [1.29, 1.82) is 0 Å². The molecule has 1 N–H and O–H groups in total.